The van der Waals surface area contributed by atoms with E-state index < -0.39 is 0 Å². The molecule has 4 rings (SSSR count). The number of alkyl halides is 1. The number of fused-ring (bicyclic) bond motifs is 2. The maximum atomic E-state index is 8.86. The highest BCUT2D eigenvalue weighted by molar-refractivity contribution is 9.93. The van der Waals surface area contributed by atoms with E-state index in [1.54, 1.807) is 12.5 Å². The van der Waals surface area contributed by atoms with Crippen molar-refractivity contribution in [1.29, 1.82) is 0 Å². The minimum atomic E-state index is -0.183. The van der Waals surface area contributed by atoms with Crippen molar-refractivity contribution in [3.05, 3.63) is 72.2 Å². The molecule has 0 saturated carbocycles. The molecule has 0 saturated heterocycles. The molecular formula is C19H19Br4O3P. The van der Waals surface area contributed by atoms with E-state index in [1.165, 1.54) is 10.9 Å². The van der Waals surface area contributed by atoms with E-state index in [2.05, 4.69) is 68.5 Å². The van der Waals surface area contributed by atoms with Crippen molar-refractivity contribution in [2.45, 2.75) is 19.4 Å². The molecule has 0 unspecified atom stereocenters. The summed E-state index contributed by atoms with van der Waals surface area (Å²) in [5.74, 6) is 0. The van der Waals surface area contributed by atoms with Crippen LogP contribution in [-0.4, -0.2) is 5.11 Å². The molecule has 0 aliphatic heterocycles. The van der Waals surface area contributed by atoms with Gasteiger partial charge < -0.3 is 13.9 Å². The molecule has 0 aliphatic rings. The summed E-state index contributed by atoms with van der Waals surface area (Å²) in [7, 11) is 0. The standard InChI is InChI=1S/C9H7BrO.C9H8O2.CH4.Br3P/c2*10-5-7-6-11-9-4-2-1-3-8(7)9;;1-4(2)3/h1-4,6H,5H2;1-4,6,10H,5H2;1H4;. The van der Waals surface area contributed by atoms with Crippen LogP contribution in [0.2, 0.25) is 0 Å². The monoisotopic (exact) mass is 642 g/mol. The molecular weight excluding hydrogens is 627 g/mol. The average Bonchev–Trinajstić information content (AvgIpc) is 3.25. The summed E-state index contributed by atoms with van der Waals surface area (Å²) in [5, 5.41) is 11.9. The number of aliphatic hydroxyl groups excluding tert-OH is 1. The fraction of sp³-hybridized carbons (Fsp3) is 0.158. The number of aliphatic hydroxyl groups is 1. The van der Waals surface area contributed by atoms with Gasteiger partial charge in [0, 0.05) is 27.2 Å². The van der Waals surface area contributed by atoms with Crippen LogP contribution in [0.25, 0.3) is 21.9 Å². The summed E-state index contributed by atoms with van der Waals surface area (Å²) >= 11 is 12.9. The van der Waals surface area contributed by atoms with Crippen LogP contribution in [0, 0.1) is 0 Å². The fourth-order valence-electron chi connectivity index (χ4n) is 2.29. The number of halogens is 4. The van der Waals surface area contributed by atoms with Gasteiger partial charge in [0.15, 0.2) is 0 Å². The van der Waals surface area contributed by atoms with E-state index in [-0.39, 0.29) is 18.1 Å². The van der Waals surface area contributed by atoms with Crippen LogP contribution in [-0.2, 0) is 11.9 Å². The number of para-hydroxylation sites is 2. The van der Waals surface area contributed by atoms with Crippen molar-refractivity contribution >= 4 is 88.4 Å². The Kier molecular flexibility index (Phi) is 12.1. The topological polar surface area (TPSA) is 46.5 Å². The largest absolute Gasteiger partial charge is 0.464 e. The van der Waals surface area contributed by atoms with Crippen molar-refractivity contribution in [3.8, 4) is 0 Å². The molecule has 1 N–H and O–H groups in total. The molecule has 3 nitrogen and oxygen atoms in total. The first-order valence-corrected chi connectivity index (χ1v) is 15.9. The lowest BCUT2D eigenvalue weighted by molar-refractivity contribution is 0.281. The third-order valence-corrected chi connectivity index (χ3v) is 4.04. The van der Waals surface area contributed by atoms with Gasteiger partial charge in [-0.15, -0.1) is 0 Å². The van der Waals surface area contributed by atoms with E-state index >= 15 is 0 Å². The molecule has 0 fully saturated rings. The number of rotatable bonds is 2. The zero-order chi connectivity index (χ0) is 18.9. The maximum Gasteiger partial charge on any atom is 0.134 e. The Labute approximate surface area is 192 Å². The molecule has 0 amide bonds. The minimum Gasteiger partial charge on any atom is -0.464 e. The van der Waals surface area contributed by atoms with Crippen molar-refractivity contribution in [3.63, 3.8) is 0 Å². The first-order chi connectivity index (χ1) is 12.6. The van der Waals surface area contributed by atoms with Gasteiger partial charge in [-0.05, 0) is 58.6 Å². The van der Waals surface area contributed by atoms with E-state index in [9.17, 15) is 0 Å². The van der Waals surface area contributed by atoms with E-state index in [4.69, 9.17) is 13.9 Å². The normalized spacial score (nSPS) is 10.0. The first-order valence-electron chi connectivity index (χ1n) is 7.41. The highest BCUT2D eigenvalue weighted by Gasteiger charge is 2.02. The number of benzene rings is 2. The predicted octanol–water partition coefficient (Wildman–Crippen LogP) is 9.29. The molecule has 2 heterocycles. The summed E-state index contributed by atoms with van der Waals surface area (Å²) in [6.45, 7) is 0.0387. The summed E-state index contributed by atoms with van der Waals surface area (Å²) in [6.07, 6.45) is 3.38. The van der Waals surface area contributed by atoms with Gasteiger partial charge in [-0.3, -0.25) is 0 Å². The Morgan fingerprint density at radius 1 is 0.778 bits per heavy atom. The zero-order valence-corrected chi connectivity index (χ0v) is 20.6. The Bertz CT molecular complexity index is 860. The Morgan fingerprint density at radius 2 is 1.19 bits per heavy atom. The van der Waals surface area contributed by atoms with Gasteiger partial charge in [-0.1, -0.05) is 59.8 Å². The van der Waals surface area contributed by atoms with Crippen molar-refractivity contribution < 1.29 is 13.9 Å². The van der Waals surface area contributed by atoms with Gasteiger partial charge in [0.1, 0.15) is 15.2 Å². The molecule has 2 aromatic carbocycles. The van der Waals surface area contributed by atoms with Crippen molar-refractivity contribution in [1.82, 2.24) is 0 Å². The molecule has 0 atom stereocenters. The van der Waals surface area contributed by atoms with Crippen molar-refractivity contribution in [2.75, 3.05) is 0 Å². The molecule has 8 heteroatoms. The molecule has 146 valence electrons. The maximum absolute atomic E-state index is 8.86. The number of hydrogen-bond donors (Lipinski definition) is 1. The summed E-state index contributed by atoms with van der Waals surface area (Å²) in [5.41, 5.74) is 3.85. The Balaban J connectivity index is 0.000000220. The van der Waals surface area contributed by atoms with Gasteiger partial charge in [0.05, 0.1) is 19.1 Å². The van der Waals surface area contributed by atoms with Gasteiger partial charge in [0.25, 0.3) is 0 Å². The van der Waals surface area contributed by atoms with Crippen LogP contribution in [0.4, 0.5) is 0 Å². The minimum absolute atomic E-state index is 0. The van der Waals surface area contributed by atoms with Crippen LogP contribution in [0.3, 0.4) is 0 Å². The average molecular weight is 646 g/mol. The van der Waals surface area contributed by atoms with Crippen LogP contribution in [0.5, 0.6) is 0 Å². The Morgan fingerprint density at radius 3 is 1.63 bits per heavy atom. The second-order valence-electron chi connectivity index (χ2n) is 5.00. The highest BCUT2D eigenvalue weighted by atomic mass is 80.0. The summed E-state index contributed by atoms with van der Waals surface area (Å²) < 4.78 is 10.3. The molecule has 0 spiro atoms. The van der Waals surface area contributed by atoms with Gasteiger partial charge in [0.2, 0.25) is 0 Å². The highest BCUT2D eigenvalue weighted by Crippen LogP contribution is 2.59. The van der Waals surface area contributed by atoms with Crippen LogP contribution >= 0.6 is 66.4 Å². The van der Waals surface area contributed by atoms with Crippen LogP contribution in [0.15, 0.2) is 69.9 Å². The first kappa shape index (κ1) is 24.9. The third-order valence-electron chi connectivity index (χ3n) is 3.44. The quantitative estimate of drug-likeness (QED) is 0.175. The van der Waals surface area contributed by atoms with E-state index in [1.807, 2.05) is 42.5 Å². The van der Waals surface area contributed by atoms with Gasteiger partial charge in [-0.2, -0.15) is 0 Å². The van der Waals surface area contributed by atoms with Crippen LogP contribution in [0.1, 0.15) is 18.6 Å². The molecule has 27 heavy (non-hydrogen) atoms. The fourth-order valence-corrected chi connectivity index (χ4v) is 2.73. The van der Waals surface area contributed by atoms with Crippen LogP contribution < -0.4 is 0 Å². The predicted molar refractivity (Wildman–Crippen MR) is 131 cm³/mol. The Hall–Kier alpha value is -0.170. The van der Waals surface area contributed by atoms with E-state index in [0.29, 0.717) is 0 Å². The third kappa shape index (κ3) is 7.64. The lowest BCUT2D eigenvalue weighted by Crippen LogP contribution is -1.76. The lowest BCUT2D eigenvalue weighted by atomic mass is 10.2. The molecule has 2 aromatic heterocycles. The second kappa shape index (κ2) is 13.1. The molecule has 0 aliphatic carbocycles. The number of hydrogen-bond acceptors (Lipinski definition) is 3. The number of furan rings is 2. The smallest absolute Gasteiger partial charge is 0.134 e. The van der Waals surface area contributed by atoms with E-state index in [0.717, 1.165) is 27.4 Å². The zero-order valence-electron chi connectivity index (χ0n) is 13.4. The van der Waals surface area contributed by atoms with Gasteiger partial charge >= 0.3 is 0 Å². The lowest BCUT2D eigenvalue weighted by Gasteiger charge is -1.88. The molecule has 4 aromatic rings. The second-order valence-corrected chi connectivity index (χ2v) is 20.9. The van der Waals surface area contributed by atoms with Gasteiger partial charge in [-0.25, -0.2) is 0 Å². The SMILES string of the molecule is BrCc1coc2ccccc12.BrP(Br)Br.C.OCc1coc2ccccc12. The molecule has 0 bridgehead atoms. The molecule has 0 radical (unpaired) electrons. The summed E-state index contributed by atoms with van der Waals surface area (Å²) in [6, 6.07) is 15.7. The summed E-state index contributed by atoms with van der Waals surface area (Å²) in [4.78, 5) is 0. The van der Waals surface area contributed by atoms with Crippen molar-refractivity contribution in [2.24, 2.45) is 0 Å².